The van der Waals surface area contributed by atoms with Crippen LogP contribution in [-0.2, 0) is 5.75 Å². The zero-order chi connectivity index (χ0) is 13.2. The van der Waals surface area contributed by atoms with Gasteiger partial charge in [-0.2, -0.15) is 0 Å². The summed E-state index contributed by atoms with van der Waals surface area (Å²) in [6.07, 6.45) is 0. The highest BCUT2D eigenvalue weighted by atomic mass is 35.5. The zero-order valence-corrected chi connectivity index (χ0v) is 12.1. The highest BCUT2D eigenvalue weighted by Gasteiger charge is 2.07. The van der Waals surface area contributed by atoms with E-state index in [0.29, 0.717) is 10.2 Å². The molecule has 3 aromatic rings. The molecule has 96 valence electrons. The summed E-state index contributed by atoms with van der Waals surface area (Å²) in [6, 6.07) is 11.4. The first kappa shape index (κ1) is 12.7. The maximum Gasteiger partial charge on any atom is 0.207 e. The Hall–Kier alpha value is -1.30. The van der Waals surface area contributed by atoms with E-state index in [4.69, 9.17) is 11.6 Å². The average molecular weight is 309 g/mol. The number of hydrogen-bond donors (Lipinski definition) is 1. The number of aromatic nitrogens is 2. The summed E-state index contributed by atoms with van der Waals surface area (Å²) in [6.45, 7) is 0. The number of nitrogens with zero attached hydrogens (tertiary/aromatic N) is 2. The number of hydrogen-bond acceptors (Lipinski definition) is 5. The van der Waals surface area contributed by atoms with Crippen molar-refractivity contribution >= 4 is 45.5 Å². The van der Waals surface area contributed by atoms with E-state index in [2.05, 4.69) is 10.2 Å². The number of rotatable bonds is 3. The van der Waals surface area contributed by atoms with Gasteiger partial charge in [-0.1, -0.05) is 35.6 Å². The van der Waals surface area contributed by atoms with Crippen LogP contribution in [0.1, 0.15) is 5.01 Å². The lowest BCUT2D eigenvalue weighted by atomic mass is 10.1. The molecule has 0 spiro atoms. The van der Waals surface area contributed by atoms with Gasteiger partial charge in [0.05, 0.1) is 5.75 Å². The van der Waals surface area contributed by atoms with Gasteiger partial charge in [-0.15, -0.1) is 22.0 Å². The molecule has 0 unspecified atom stereocenters. The van der Waals surface area contributed by atoms with Crippen molar-refractivity contribution < 1.29 is 5.11 Å². The highest BCUT2D eigenvalue weighted by molar-refractivity contribution is 7.98. The van der Waals surface area contributed by atoms with Crippen LogP contribution in [0.5, 0.6) is 5.75 Å². The van der Waals surface area contributed by atoms with Gasteiger partial charge in [0.15, 0.2) is 0 Å². The fraction of sp³-hybridized carbons (Fsp3) is 0.0769. The molecule has 0 aliphatic rings. The third-order valence-electron chi connectivity index (χ3n) is 2.65. The van der Waals surface area contributed by atoms with Crippen molar-refractivity contribution in [3.05, 3.63) is 45.9 Å². The Morgan fingerprint density at radius 3 is 2.63 bits per heavy atom. The van der Waals surface area contributed by atoms with Gasteiger partial charge in [0.25, 0.3) is 0 Å². The third kappa shape index (κ3) is 2.68. The van der Waals surface area contributed by atoms with E-state index in [0.717, 1.165) is 26.4 Å². The molecule has 1 aromatic heterocycles. The lowest BCUT2D eigenvalue weighted by molar-refractivity contribution is 0.481. The Morgan fingerprint density at radius 1 is 1.11 bits per heavy atom. The summed E-state index contributed by atoms with van der Waals surface area (Å²) in [5.74, 6) is 1.03. The Labute approximate surface area is 123 Å². The SMILES string of the molecule is Oc1ccc(SCc2nnc(Cl)s2)c2ccccc12. The van der Waals surface area contributed by atoms with Crippen LogP contribution in [0.25, 0.3) is 10.8 Å². The van der Waals surface area contributed by atoms with Gasteiger partial charge < -0.3 is 5.11 Å². The molecule has 0 atom stereocenters. The zero-order valence-electron chi connectivity index (χ0n) is 9.71. The van der Waals surface area contributed by atoms with Crippen LogP contribution in [-0.4, -0.2) is 15.3 Å². The first-order valence-corrected chi connectivity index (χ1v) is 7.73. The van der Waals surface area contributed by atoms with Crippen LogP contribution < -0.4 is 0 Å². The molecule has 0 aliphatic carbocycles. The van der Waals surface area contributed by atoms with Gasteiger partial charge in [-0.3, -0.25) is 0 Å². The van der Waals surface area contributed by atoms with E-state index in [-0.39, 0.29) is 0 Å². The van der Waals surface area contributed by atoms with E-state index in [1.54, 1.807) is 17.8 Å². The summed E-state index contributed by atoms with van der Waals surface area (Å²) in [5, 5.41) is 20.4. The van der Waals surface area contributed by atoms with Crippen molar-refractivity contribution in [2.45, 2.75) is 10.6 Å². The highest BCUT2D eigenvalue weighted by Crippen LogP contribution is 2.35. The predicted molar refractivity (Wildman–Crippen MR) is 80.1 cm³/mol. The number of thioether (sulfide) groups is 1. The van der Waals surface area contributed by atoms with E-state index < -0.39 is 0 Å². The molecule has 0 bridgehead atoms. The monoisotopic (exact) mass is 308 g/mol. The van der Waals surface area contributed by atoms with Crippen molar-refractivity contribution in [2.75, 3.05) is 0 Å². The van der Waals surface area contributed by atoms with Crippen LogP contribution in [0, 0.1) is 0 Å². The van der Waals surface area contributed by atoms with Crippen molar-refractivity contribution in [1.29, 1.82) is 0 Å². The molecule has 6 heteroatoms. The number of aromatic hydroxyl groups is 1. The summed E-state index contributed by atoms with van der Waals surface area (Å²) in [7, 11) is 0. The molecule has 0 aliphatic heterocycles. The number of phenols is 1. The second-order valence-electron chi connectivity index (χ2n) is 3.87. The van der Waals surface area contributed by atoms with Gasteiger partial charge in [-0.25, -0.2) is 0 Å². The molecule has 0 radical (unpaired) electrons. The number of benzene rings is 2. The van der Waals surface area contributed by atoms with Crippen molar-refractivity contribution in [3.63, 3.8) is 0 Å². The first-order valence-electron chi connectivity index (χ1n) is 5.55. The lowest BCUT2D eigenvalue weighted by Crippen LogP contribution is -1.82. The average Bonchev–Trinajstić information content (AvgIpc) is 2.84. The molecule has 3 rings (SSSR count). The second kappa shape index (κ2) is 5.36. The minimum atomic E-state index is 0.305. The molecule has 1 N–H and O–H groups in total. The van der Waals surface area contributed by atoms with Crippen molar-refractivity contribution in [2.24, 2.45) is 0 Å². The summed E-state index contributed by atoms with van der Waals surface area (Å²) >= 11 is 8.81. The third-order valence-corrected chi connectivity index (χ3v) is 4.94. The molecule has 0 saturated carbocycles. The topological polar surface area (TPSA) is 46.0 Å². The van der Waals surface area contributed by atoms with Gasteiger partial charge >= 0.3 is 0 Å². The molecule has 19 heavy (non-hydrogen) atoms. The second-order valence-corrected chi connectivity index (χ2v) is 6.53. The van der Waals surface area contributed by atoms with E-state index >= 15 is 0 Å². The molecular weight excluding hydrogens is 300 g/mol. The Balaban J connectivity index is 1.91. The normalized spacial score (nSPS) is 11.0. The number of halogens is 1. The molecule has 0 amide bonds. The number of fused-ring (bicyclic) bond motifs is 1. The van der Waals surface area contributed by atoms with Crippen LogP contribution in [0.3, 0.4) is 0 Å². The van der Waals surface area contributed by atoms with Gasteiger partial charge in [0, 0.05) is 10.3 Å². The summed E-state index contributed by atoms with van der Waals surface area (Å²) < 4.78 is 0.464. The van der Waals surface area contributed by atoms with Crippen LogP contribution in [0.15, 0.2) is 41.3 Å². The standard InChI is InChI=1S/C13H9ClN2OS2/c14-13-16-15-12(19-13)7-18-11-6-5-10(17)8-3-1-2-4-9(8)11/h1-6,17H,7H2. The van der Waals surface area contributed by atoms with Crippen LogP contribution in [0.2, 0.25) is 4.47 Å². The predicted octanol–water partition coefficient (Wildman–Crippen LogP) is 4.34. The van der Waals surface area contributed by atoms with E-state index in [1.165, 1.54) is 11.3 Å². The molecular formula is C13H9ClN2OS2. The molecule has 3 nitrogen and oxygen atoms in total. The van der Waals surface area contributed by atoms with Crippen molar-refractivity contribution in [1.82, 2.24) is 10.2 Å². The molecule has 2 aromatic carbocycles. The van der Waals surface area contributed by atoms with Crippen molar-refractivity contribution in [3.8, 4) is 5.75 Å². The maximum absolute atomic E-state index is 9.84. The maximum atomic E-state index is 9.84. The summed E-state index contributed by atoms with van der Waals surface area (Å²) in [4.78, 5) is 1.11. The van der Waals surface area contributed by atoms with Crippen LogP contribution >= 0.6 is 34.7 Å². The Bertz CT molecular complexity index is 729. The molecule has 0 saturated heterocycles. The Kier molecular flexibility index (Phi) is 3.59. The van der Waals surface area contributed by atoms with Gasteiger partial charge in [0.1, 0.15) is 10.8 Å². The smallest absolute Gasteiger partial charge is 0.207 e. The number of phenolic OH excluding ortho intramolecular Hbond substituents is 1. The fourth-order valence-electron chi connectivity index (χ4n) is 1.81. The summed E-state index contributed by atoms with van der Waals surface area (Å²) in [5.41, 5.74) is 0. The van der Waals surface area contributed by atoms with Crippen LogP contribution in [0.4, 0.5) is 0 Å². The minimum absolute atomic E-state index is 0.305. The first-order chi connectivity index (χ1) is 9.24. The Morgan fingerprint density at radius 2 is 1.89 bits per heavy atom. The molecule has 1 heterocycles. The van der Waals surface area contributed by atoms with Gasteiger partial charge in [-0.05, 0) is 29.1 Å². The largest absolute Gasteiger partial charge is 0.507 e. The van der Waals surface area contributed by atoms with E-state index in [1.807, 2.05) is 30.3 Å². The fourth-order valence-corrected chi connectivity index (χ4v) is 3.72. The van der Waals surface area contributed by atoms with E-state index in [9.17, 15) is 5.11 Å². The van der Waals surface area contributed by atoms with Gasteiger partial charge in [0.2, 0.25) is 4.47 Å². The molecule has 0 fully saturated rings. The quantitative estimate of drug-likeness (QED) is 0.731. The lowest BCUT2D eigenvalue weighted by Gasteiger charge is -2.06. The minimum Gasteiger partial charge on any atom is -0.507 e.